The van der Waals surface area contributed by atoms with Gasteiger partial charge in [-0.25, -0.2) is 4.90 Å². The van der Waals surface area contributed by atoms with E-state index in [2.05, 4.69) is 28.1 Å². The Labute approximate surface area is 131 Å². The van der Waals surface area contributed by atoms with E-state index in [1.54, 1.807) is 0 Å². The first-order chi connectivity index (χ1) is 10.1. The van der Waals surface area contributed by atoms with Gasteiger partial charge in [0.05, 0.1) is 17.5 Å². The largest absolute Gasteiger partial charge is 0.274 e. The predicted octanol–water partition coefficient (Wildman–Crippen LogP) is 3.15. The molecule has 3 aliphatic carbocycles. The fourth-order valence-corrected chi connectivity index (χ4v) is 5.34. The van der Waals surface area contributed by atoms with Gasteiger partial charge in [0.2, 0.25) is 11.8 Å². The molecule has 0 aromatic heterocycles. The summed E-state index contributed by atoms with van der Waals surface area (Å²) in [6.07, 6.45) is 6.77. The van der Waals surface area contributed by atoms with Crippen molar-refractivity contribution in [1.29, 1.82) is 0 Å². The third kappa shape index (κ3) is 1.30. The minimum Gasteiger partial charge on any atom is -0.274 e. The molecule has 0 unspecified atom stereocenters. The molecule has 0 N–H and O–H groups in total. The van der Waals surface area contributed by atoms with E-state index in [4.69, 9.17) is 0 Å². The lowest BCUT2D eigenvalue weighted by molar-refractivity contribution is -0.123. The minimum absolute atomic E-state index is 0.00576. The van der Waals surface area contributed by atoms with Crippen molar-refractivity contribution in [2.75, 3.05) is 4.90 Å². The molecule has 1 aliphatic heterocycles. The molecule has 2 amide bonds. The van der Waals surface area contributed by atoms with Crippen LogP contribution in [0.5, 0.6) is 0 Å². The van der Waals surface area contributed by atoms with Gasteiger partial charge in [0.15, 0.2) is 0 Å². The smallest absolute Gasteiger partial charge is 0.238 e. The van der Waals surface area contributed by atoms with Crippen molar-refractivity contribution in [2.24, 2.45) is 29.1 Å². The highest BCUT2D eigenvalue weighted by Crippen LogP contribution is 2.73. The summed E-state index contributed by atoms with van der Waals surface area (Å²) in [4.78, 5) is 27.2. The quantitative estimate of drug-likeness (QED) is 0.580. The molecule has 2 bridgehead atoms. The topological polar surface area (TPSA) is 37.4 Å². The van der Waals surface area contributed by atoms with Gasteiger partial charge in [-0.3, -0.25) is 9.59 Å². The number of imide groups is 1. The van der Waals surface area contributed by atoms with E-state index in [1.165, 1.54) is 17.7 Å². The Morgan fingerprint density at radius 2 is 1.67 bits per heavy atom. The van der Waals surface area contributed by atoms with E-state index in [0.717, 1.165) is 4.47 Å². The van der Waals surface area contributed by atoms with Crippen LogP contribution in [0.15, 0.2) is 40.9 Å². The van der Waals surface area contributed by atoms with E-state index < -0.39 is 0 Å². The maximum Gasteiger partial charge on any atom is 0.238 e. The van der Waals surface area contributed by atoms with E-state index in [-0.39, 0.29) is 29.1 Å². The van der Waals surface area contributed by atoms with Gasteiger partial charge >= 0.3 is 0 Å². The molecule has 4 aliphatic rings. The second kappa shape index (κ2) is 3.67. The number of anilines is 1. The van der Waals surface area contributed by atoms with Crippen LogP contribution < -0.4 is 4.90 Å². The third-order valence-corrected chi connectivity index (χ3v) is 6.41. The third-order valence-electron chi connectivity index (χ3n) is 5.92. The summed E-state index contributed by atoms with van der Waals surface area (Å²) in [6, 6.07) is 7.45. The molecule has 3 fully saturated rings. The first-order valence-corrected chi connectivity index (χ1v) is 8.24. The molecule has 21 heavy (non-hydrogen) atoms. The number of allylic oxidation sites excluding steroid dienone is 2. The van der Waals surface area contributed by atoms with Crippen molar-refractivity contribution in [3.05, 3.63) is 40.9 Å². The molecular weight excluding hydrogens is 330 g/mol. The molecule has 1 spiro atoms. The minimum atomic E-state index is -0.117. The van der Waals surface area contributed by atoms with Gasteiger partial charge in [0.25, 0.3) is 0 Å². The standard InChI is InChI=1S/C17H14BrNO2/c18-9-2-1-3-10(8-9)19-15(20)13-11-4-5-12(14(13)16(19)21)17(11)6-7-17/h1-5,8,11-14H,6-7H2/t11-,12-,13-,14-/m1/s1. The van der Waals surface area contributed by atoms with Gasteiger partial charge in [0.1, 0.15) is 0 Å². The number of fused-ring (bicyclic) bond motifs is 3. The average molecular weight is 344 g/mol. The average Bonchev–Trinajstić information content (AvgIpc) is 3.05. The summed E-state index contributed by atoms with van der Waals surface area (Å²) in [5.41, 5.74) is 0.960. The molecule has 1 aromatic carbocycles. The zero-order valence-electron chi connectivity index (χ0n) is 11.3. The Balaban J connectivity index is 1.59. The Hall–Kier alpha value is -1.42. The van der Waals surface area contributed by atoms with Crippen LogP contribution in [-0.4, -0.2) is 11.8 Å². The maximum absolute atomic E-state index is 12.9. The van der Waals surface area contributed by atoms with Crippen LogP contribution in [-0.2, 0) is 9.59 Å². The zero-order valence-corrected chi connectivity index (χ0v) is 12.9. The molecule has 1 saturated heterocycles. The van der Waals surface area contributed by atoms with Crippen molar-refractivity contribution in [2.45, 2.75) is 12.8 Å². The van der Waals surface area contributed by atoms with E-state index in [1.807, 2.05) is 24.3 Å². The van der Waals surface area contributed by atoms with Crippen molar-refractivity contribution in [3.63, 3.8) is 0 Å². The van der Waals surface area contributed by atoms with Gasteiger partial charge in [-0.2, -0.15) is 0 Å². The Morgan fingerprint density at radius 1 is 1.05 bits per heavy atom. The van der Waals surface area contributed by atoms with Crippen LogP contribution in [0.4, 0.5) is 5.69 Å². The highest BCUT2D eigenvalue weighted by Gasteiger charge is 2.73. The summed E-state index contributed by atoms with van der Waals surface area (Å²) < 4.78 is 0.886. The van der Waals surface area contributed by atoms with Crippen LogP contribution in [0.2, 0.25) is 0 Å². The van der Waals surface area contributed by atoms with Crippen LogP contribution >= 0.6 is 15.9 Å². The summed E-state index contributed by atoms with van der Waals surface area (Å²) in [7, 11) is 0. The lowest BCUT2D eigenvalue weighted by Crippen LogP contribution is -2.34. The van der Waals surface area contributed by atoms with Gasteiger partial charge in [-0.05, 0) is 48.3 Å². The predicted molar refractivity (Wildman–Crippen MR) is 81.4 cm³/mol. The van der Waals surface area contributed by atoms with Crippen molar-refractivity contribution in [1.82, 2.24) is 0 Å². The molecule has 4 heteroatoms. The van der Waals surface area contributed by atoms with Crippen molar-refractivity contribution >= 4 is 33.4 Å². The van der Waals surface area contributed by atoms with Crippen molar-refractivity contribution in [3.8, 4) is 0 Å². The number of benzene rings is 1. The molecule has 106 valence electrons. The highest BCUT2D eigenvalue weighted by molar-refractivity contribution is 9.10. The lowest BCUT2D eigenvalue weighted by atomic mass is 9.85. The SMILES string of the molecule is O=C1[C@H]2[C@H](C(=O)N1c1cccc(Br)c1)[C@H]1C=C[C@H]2C12CC2. The van der Waals surface area contributed by atoms with E-state index in [0.29, 0.717) is 17.5 Å². The molecule has 4 atom stereocenters. The normalized spacial score (nSPS) is 37.7. The zero-order chi connectivity index (χ0) is 14.4. The Morgan fingerprint density at radius 3 is 2.19 bits per heavy atom. The lowest BCUT2D eigenvalue weighted by Gasteiger charge is -2.21. The molecule has 5 rings (SSSR count). The van der Waals surface area contributed by atoms with Crippen LogP contribution in [0.25, 0.3) is 0 Å². The van der Waals surface area contributed by atoms with E-state index in [9.17, 15) is 9.59 Å². The van der Waals surface area contributed by atoms with Crippen LogP contribution in [0, 0.1) is 29.1 Å². The summed E-state index contributed by atoms with van der Waals surface area (Å²) in [6.45, 7) is 0. The maximum atomic E-state index is 12.9. The number of nitrogens with zero attached hydrogens (tertiary/aromatic N) is 1. The van der Waals surface area contributed by atoms with Gasteiger partial charge in [-0.15, -0.1) is 0 Å². The van der Waals surface area contributed by atoms with Gasteiger partial charge in [0, 0.05) is 4.47 Å². The summed E-state index contributed by atoms with van der Waals surface area (Å²) in [5, 5.41) is 0. The van der Waals surface area contributed by atoms with Gasteiger partial charge in [-0.1, -0.05) is 34.1 Å². The monoisotopic (exact) mass is 343 g/mol. The molecule has 2 saturated carbocycles. The fraction of sp³-hybridized carbons (Fsp3) is 0.412. The molecule has 3 nitrogen and oxygen atoms in total. The number of carbonyl (C=O) groups is 2. The van der Waals surface area contributed by atoms with E-state index >= 15 is 0 Å². The van der Waals surface area contributed by atoms with Crippen LogP contribution in [0.3, 0.4) is 0 Å². The first-order valence-electron chi connectivity index (χ1n) is 7.45. The highest BCUT2D eigenvalue weighted by atomic mass is 79.9. The molecule has 1 aromatic rings. The fourth-order valence-electron chi connectivity index (χ4n) is 4.95. The molecular formula is C17H14BrNO2. The summed E-state index contributed by atoms with van der Waals surface area (Å²) >= 11 is 3.41. The number of hydrogen-bond donors (Lipinski definition) is 0. The summed E-state index contributed by atoms with van der Waals surface area (Å²) in [5.74, 6) is 0.364. The Kier molecular flexibility index (Phi) is 2.12. The Bertz CT molecular complexity index is 687. The molecule has 1 heterocycles. The second-order valence-corrected chi connectivity index (χ2v) is 7.63. The number of hydrogen-bond acceptors (Lipinski definition) is 2. The van der Waals surface area contributed by atoms with Crippen LogP contribution in [0.1, 0.15) is 12.8 Å². The number of amides is 2. The first kappa shape index (κ1) is 12.2. The number of halogens is 1. The second-order valence-electron chi connectivity index (χ2n) is 6.71. The molecule has 0 radical (unpaired) electrons. The number of rotatable bonds is 1. The van der Waals surface area contributed by atoms with Crippen molar-refractivity contribution < 1.29 is 9.59 Å². The van der Waals surface area contributed by atoms with Gasteiger partial charge < -0.3 is 0 Å². The number of carbonyl (C=O) groups excluding carboxylic acids is 2.